The van der Waals surface area contributed by atoms with Crippen LogP contribution in [0.5, 0.6) is 0 Å². The molecular weight excluding hydrogens is 324 g/mol. The SMILES string of the molecule is O=C(CNC(=O)c1ccoc1)Nc1ccc(SC2CCCC2)cc1. The molecule has 6 heteroatoms. The predicted molar refractivity (Wildman–Crippen MR) is 94.2 cm³/mol. The zero-order valence-corrected chi connectivity index (χ0v) is 14.1. The molecule has 1 saturated carbocycles. The minimum Gasteiger partial charge on any atom is -0.472 e. The quantitative estimate of drug-likeness (QED) is 0.838. The first-order chi connectivity index (χ1) is 11.7. The summed E-state index contributed by atoms with van der Waals surface area (Å²) in [6, 6.07) is 9.40. The fourth-order valence-electron chi connectivity index (χ4n) is 2.68. The molecule has 1 fully saturated rings. The van der Waals surface area contributed by atoms with Crippen molar-refractivity contribution in [3.05, 3.63) is 48.4 Å². The third kappa shape index (κ3) is 4.64. The number of hydrogen-bond donors (Lipinski definition) is 2. The lowest BCUT2D eigenvalue weighted by molar-refractivity contribution is -0.115. The van der Waals surface area contributed by atoms with Crippen molar-refractivity contribution in [1.29, 1.82) is 0 Å². The highest BCUT2D eigenvalue weighted by molar-refractivity contribution is 8.00. The normalized spacial score (nSPS) is 14.5. The first-order valence-electron chi connectivity index (χ1n) is 8.08. The number of benzene rings is 1. The van der Waals surface area contributed by atoms with Crippen molar-refractivity contribution >= 4 is 29.3 Å². The van der Waals surface area contributed by atoms with E-state index in [9.17, 15) is 9.59 Å². The van der Waals surface area contributed by atoms with Gasteiger partial charge in [0.2, 0.25) is 5.91 Å². The summed E-state index contributed by atoms with van der Waals surface area (Å²) in [5.74, 6) is -0.592. The summed E-state index contributed by atoms with van der Waals surface area (Å²) in [6.45, 7) is -0.0808. The summed E-state index contributed by atoms with van der Waals surface area (Å²) in [5.41, 5.74) is 1.13. The van der Waals surface area contributed by atoms with Gasteiger partial charge in [-0.25, -0.2) is 0 Å². The first-order valence-corrected chi connectivity index (χ1v) is 8.95. The summed E-state index contributed by atoms with van der Waals surface area (Å²) in [7, 11) is 0. The number of thioether (sulfide) groups is 1. The fraction of sp³-hybridized carbons (Fsp3) is 0.333. The van der Waals surface area contributed by atoms with Crippen LogP contribution in [-0.4, -0.2) is 23.6 Å². The Bertz CT molecular complexity index is 677. The zero-order chi connectivity index (χ0) is 16.8. The van der Waals surface area contributed by atoms with Crippen molar-refractivity contribution in [2.45, 2.75) is 35.8 Å². The maximum Gasteiger partial charge on any atom is 0.254 e. The van der Waals surface area contributed by atoms with Gasteiger partial charge in [0.05, 0.1) is 18.4 Å². The molecule has 126 valence electrons. The fourth-order valence-corrected chi connectivity index (χ4v) is 3.92. The largest absolute Gasteiger partial charge is 0.472 e. The van der Waals surface area contributed by atoms with Gasteiger partial charge in [0.15, 0.2) is 0 Å². The third-order valence-electron chi connectivity index (χ3n) is 3.94. The van der Waals surface area contributed by atoms with Crippen LogP contribution in [0.25, 0.3) is 0 Å². The molecule has 3 rings (SSSR count). The predicted octanol–water partition coefficient (Wildman–Crippen LogP) is 3.68. The highest BCUT2D eigenvalue weighted by Gasteiger charge is 2.16. The van der Waals surface area contributed by atoms with Crippen LogP contribution in [0.2, 0.25) is 0 Å². The van der Waals surface area contributed by atoms with Crippen molar-refractivity contribution in [1.82, 2.24) is 5.32 Å². The molecule has 1 aliphatic carbocycles. The summed E-state index contributed by atoms with van der Waals surface area (Å²) < 4.78 is 4.83. The molecule has 1 aliphatic rings. The molecule has 24 heavy (non-hydrogen) atoms. The highest BCUT2D eigenvalue weighted by atomic mass is 32.2. The van der Waals surface area contributed by atoms with Crippen LogP contribution in [-0.2, 0) is 4.79 Å². The third-order valence-corrected chi connectivity index (χ3v) is 5.28. The first kappa shape index (κ1) is 16.6. The van der Waals surface area contributed by atoms with Crippen LogP contribution in [0.3, 0.4) is 0 Å². The Morgan fingerprint density at radius 1 is 1.12 bits per heavy atom. The number of rotatable bonds is 6. The van der Waals surface area contributed by atoms with Gasteiger partial charge in [0.25, 0.3) is 5.91 Å². The minimum atomic E-state index is -0.331. The smallest absolute Gasteiger partial charge is 0.254 e. The lowest BCUT2D eigenvalue weighted by Crippen LogP contribution is -2.32. The molecule has 0 spiro atoms. The van der Waals surface area contributed by atoms with Crippen molar-refractivity contribution in [2.24, 2.45) is 0 Å². The molecule has 0 bridgehead atoms. The number of furan rings is 1. The van der Waals surface area contributed by atoms with Gasteiger partial charge in [-0.3, -0.25) is 9.59 Å². The van der Waals surface area contributed by atoms with Gasteiger partial charge in [0.1, 0.15) is 6.26 Å². The zero-order valence-electron chi connectivity index (χ0n) is 13.3. The molecule has 1 aromatic carbocycles. The van der Waals surface area contributed by atoms with Crippen LogP contribution < -0.4 is 10.6 Å². The molecule has 2 amide bonds. The Morgan fingerprint density at radius 3 is 2.54 bits per heavy atom. The van der Waals surface area contributed by atoms with Crippen molar-refractivity contribution in [2.75, 3.05) is 11.9 Å². The summed E-state index contributed by atoms with van der Waals surface area (Å²) in [5, 5.41) is 6.05. The van der Waals surface area contributed by atoms with E-state index in [1.54, 1.807) is 6.07 Å². The molecule has 5 nitrogen and oxygen atoms in total. The van der Waals surface area contributed by atoms with Gasteiger partial charge < -0.3 is 15.1 Å². The van der Waals surface area contributed by atoms with Crippen molar-refractivity contribution < 1.29 is 14.0 Å². The summed E-state index contributed by atoms with van der Waals surface area (Å²) in [4.78, 5) is 24.8. The Balaban J connectivity index is 1.44. The van der Waals surface area contributed by atoms with Crippen molar-refractivity contribution in [3.8, 4) is 0 Å². The Morgan fingerprint density at radius 2 is 1.88 bits per heavy atom. The van der Waals surface area contributed by atoms with Crippen LogP contribution in [0.15, 0.2) is 52.2 Å². The van der Waals surface area contributed by atoms with Gasteiger partial charge >= 0.3 is 0 Å². The number of carbonyl (C=O) groups is 2. The van der Waals surface area contributed by atoms with E-state index in [2.05, 4.69) is 10.6 Å². The topological polar surface area (TPSA) is 71.3 Å². The van der Waals surface area contributed by atoms with Gasteiger partial charge in [-0.05, 0) is 43.2 Å². The van der Waals surface area contributed by atoms with E-state index in [0.29, 0.717) is 5.56 Å². The molecular formula is C18H20N2O3S. The second-order valence-corrected chi connectivity index (χ2v) is 7.17. The molecule has 1 heterocycles. The lowest BCUT2D eigenvalue weighted by atomic mass is 10.3. The highest BCUT2D eigenvalue weighted by Crippen LogP contribution is 2.34. The van der Waals surface area contributed by atoms with E-state index in [-0.39, 0.29) is 18.4 Å². The maximum atomic E-state index is 11.9. The average molecular weight is 344 g/mol. The number of carbonyl (C=O) groups excluding carboxylic acids is 2. The Kier molecular flexibility index (Phi) is 5.59. The minimum absolute atomic E-state index is 0.0808. The van der Waals surface area contributed by atoms with Crippen LogP contribution >= 0.6 is 11.8 Å². The molecule has 0 saturated heterocycles. The number of hydrogen-bond acceptors (Lipinski definition) is 4. The second kappa shape index (κ2) is 8.06. The van der Waals surface area contributed by atoms with Gasteiger partial charge in [-0.15, -0.1) is 11.8 Å². The summed E-state index contributed by atoms with van der Waals surface area (Å²) >= 11 is 1.91. The molecule has 1 aromatic heterocycles. The Labute approximate surface area is 145 Å². The van der Waals surface area contributed by atoms with Gasteiger partial charge in [-0.2, -0.15) is 0 Å². The van der Waals surface area contributed by atoms with E-state index >= 15 is 0 Å². The van der Waals surface area contributed by atoms with E-state index < -0.39 is 0 Å². The molecule has 2 aromatic rings. The van der Waals surface area contributed by atoms with Crippen LogP contribution in [0.1, 0.15) is 36.0 Å². The van der Waals surface area contributed by atoms with Crippen molar-refractivity contribution in [3.63, 3.8) is 0 Å². The monoisotopic (exact) mass is 344 g/mol. The lowest BCUT2D eigenvalue weighted by Gasteiger charge is -2.10. The van der Waals surface area contributed by atoms with E-state index in [1.165, 1.54) is 43.1 Å². The van der Waals surface area contributed by atoms with Gasteiger partial charge in [0, 0.05) is 15.8 Å². The molecule has 0 unspecified atom stereocenters. The maximum absolute atomic E-state index is 11.9. The van der Waals surface area contributed by atoms with Gasteiger partial charge in [-0.1, -0.05) is 12.8 Å². The van der Waals surface area contributed by atoms with E-state index in [0.717, 1.165) is 10.9 Å². The number of nitrogens with one attached hydrogen (secondary N) is 2. The molecule has 0 aliphatic heterocycles. The standard InChI is InChI=1S/C18H20N2O3S/c21-17(11-19-18(22)13-9-10-23-12-13)20-14-5-7-16(8-6-14)24-15-3-1-2-4-15/h5-10,12,15H,1-4,11H2,(H,19,22)(H,20,21). The second-order valence-electron chi connectivity index (χ2n) is 5.79. The number of anilines is 1. The van der Waals surface area contributed by atoms with E-state index in [1.807, 2.05) is 36.0 Å². The molecule has 0 atom stereocenters. The van der Waals surface area contributed by atoms with Crippen LogP contribution in [0, 0.1) is 0 Å². The average Bonchev–Trinajstić information content (AvgIpc) is 3.28. The van der Waals surface area contributed by atoms with E-state index in [4.69, 9.17) is 4.42 Å². The molecule has 2 N–H and O–H groups in total. The molecule has 0 radical (unpaired) electrons. The summed E-state index contributed by atoms with van der Waals surface area (Å²) in [6.07, 6.45) is 8.00. The number of amides is 2. The Hall–Kier alpha value is -2.21. The van der Waals surface area contributed by atoms with Crippen LogP contribution in [0.4, 0.5) is 5.69 Å².